The molecule has 0 aliphatic rings. The smallest absolute Gasteiger partial charge is 0.139 e. The highest BCUT2D eigenvalue weighted by molar-refractivity contribution is 6.43. The van der Waals surface area contributed by atoms with Gasteiger partial charge >= 0.3 is 0 Å². The molecule has 2 nitrogen and oxygen atoms in total. The molecule has 5 heteroatoms. The van der Waals surface area contributed by atoms with Gasteiger partial charge in [-0.2, -0.15) is 0 Å². The molecule has 1 rings (SSSR count). The molecule has 0 saturated carbocycles. The van der Waals surface area contributed by atoms with Gasteiger partial charge in [-0.05, 0) is 39.4 Å². The van der Waals surface area contributed by atoms with Crippen molar-refractivity contribution < 1.29 is 4.74 Å². The molecule has 0 bridgehead atoms. The Kier molecular flexibility index (Phi) is 6.42. The van der Waals surface area contributed by atoms with Gasteiger partial charge in [-0.15, -0.1) is 0 Å². The van der Waals surface area contributed by atoms with Gasteiger partial charge in [0.15, 0.2) is 0 Å². The van der Waals surface area contributed by atoms with Gasteiger partial charge in [0.2, 0.25) is 0 Å². The SMILES string of the molecule is CNCCCC(C)Oc1cc(Cl)c(Cl)cc1Cl. The van der Waals surface area contributed by atoms with Crippen molar-refractivity contribution in [2.75, 3.05) is 13.6 Å². The highest BCUT2D eigenvalue weighted by Gasteiger charge is 2.10. The summed E-state index contributed by atoms with van der Waals surface area (Å²) < 4.78 is 5.72. The monoisotopic (exact) mass is 295 g/mol. The Morgan fingerprint density at radius 3 is 2.47 bits per heavy atom. The fourth-order valence-corrected chi connectivity index (χ4v) is 2.02. The van der Waals surface area contributed by atoms with Crippen LogP contribution in [0.25, 0.3) is 0 Å². The summed E-state index contributed by atoms with van der Waals surface area (Å²) in [6.45, 7) is 2.98. The van der Waals surface area contributed by atoms with Crippen molar-refractivity contribution in [1.82, 2.24) is 5.32 Å². The third-order valence-electron chi connectivity index (χ3n) is 2.34. The summed E-state index contributed by atoms with van der Waals surface area (Å²) >= 11 is 17.8. The summed E-state index contributed by atoms with van der Waals surface area (Å²) in [7, 11) is 1.93. The molecular weight excluding hydrogens is 280 g/mol. The van der Waals surface area contributed by atoms with Crippen LogP contribution in [0.4, 0.5) is 0 Å². The molecule has 1 aromatic carbocycles. The molecule has 0 radical (unpaired) electrons. The van der Waals surface area contributed by atoms with Crippen molar-refractivity contribution in [1.29, 1.82) is 0 Å². The van der Waals surface area contributed by atoms with Gasteiger partial charge in [0.1, 0.15) is 5.75 Å². The number of hydrogen-bond acceptors (Lipinski definition) is 2. The first-order valence-electron chi connectivity index (χ1n) is 5.50. The summed E-state index contributed by atoms with van der Waals surface area (Å²) in [5.74, 6) is 0.582. The third-order valence-corrected chi connectivity index (χ3v) is 3.36. The fourth-order valence-electron chi connectivity index (χ4n) is 1.44. The summed E-state index contributed by atoms with van der Waals surface area (Å²) in [5.41, 5.74) is 0. The molecule has 17 heavy (non-hydrogen) atoms. The Labute approximate surface area is 117 Å². The standard InChI is InChI=1S/C12H16Cl3NO/c1-8(4-3-5-16-2)17-12-7-10(14)9(13)6-11(12)15/h6-8,16H,3-5H2,1-2H3. The van der Waals surface area contributed by atoms with E-state index >= 15 is 0 Å². The van der Waals surface area contributed by atoms with E-state index in [1.54, 1.807) is 12.1 Å². The number of nitrogens with one attached hydrogen (secondary N) is 1. The summed E-state index contributed by atoms with van der Waals surface area (Å²) in [6.07, 6.45) is 2.10. The fraction of sp³-hybridized carbons (Fsp3) is 0.500. The maximum atomic E-state index is 6.03. The predicted octanol–water partition coefficient (Wildman–Crippen LogP) is 4.41. The van der Waals surface area contributed by atoms with Gasteiger partial charge in [0.25, 0.3) is 0 Å². The molecule has 0 amide bonds. The lowest BCUT2D eigenvalue weighted by atomic mass is 10.2. The lowest BCUT2D eigenvalue weighted by Crippen LogP contribution is -2.15. The molecule has 1 aromatic rings. The lowest BCUT2D eigenvalue weighted by molar-refractivity contribution is 0.208. The van der Waals surface area contributed by atoms with Crippen LogP contribution in [0.3, 0.4) is 0 Å². The average molecular weight is 297 g/mol. The van der Waals surface area contributed by atoms with Gasteiger partial charge in [-0.25, -0.2) is 0 Å². The van der Waals surface area contributed by atoms with E-state index < -0.39 is 0 Å². The minimum absolute atomic E-state index is 0.0955. The van der Waals surface area contributed by atoms with Crippen LogP contribution in [0.1, 0.15) is 19.8 Å². The van der Waals surface area contributed by atoms with E-state index in [1.165, 1.54) is 0 Å². The van der Waals surface area contributed by atoms with E-state index in [-0.39, 0.29) is 6.10 Å². The van der Waals surface area contributed by atoms with Crippen molar-refractivity contribution in [2.24, 2.45) is 0 Å². The Bertz CT molecular complexity index is 371. The van der Waals surface area contributed by atoms with Crippen molar-refractivity contribution >= 4 is 34.8 Å². The molecule has 1 atom stereocenters. The minimum Gasteiger partial charge on any atom is -0.489 e. The van der Waals surface area contributed by atoms with Crippen molar-refractivity contribution in [3.05, 3.63) is 27.2 Å². The molecule has 1 unspecified atom stereocenters. The number of hydrogen-bond donors (Lipinski definition) is 1. The molecule has 0 saturated heterocycles. The third kappa shape index (κ3) is 4.92. The van der Waals surface area contributed by atoms with Crippen LogP contribution in [0, 0.1) is 0 Å². The normalized spacial score (nSPS) is 12.5. The zero-order chi connectivity index (χ0) is 12.8. The number of halogens is 3. The Balaban J connectivity index is 2.58. The maximum Gasteiger partial charge on any atom is 0.139 e. The molecule has 0 aliphatic carbocycles. The Morgan fingerprint density at radius 1 is 1.18 bits per heavy atom. The van der Waals surface area contributed by atoms with E-state index in [4.69, 9.17) is 39.5 Å². The van der Waals surface area contributed by atoms with Crippen LogP contribution >= 0.6 is 34.8 Å². The minimum atomic E-state index is 0.0955. The molecule has 0 spiro atoms. The van der Waals surface area contributed by atoms with Gasteiger partial charge in [-0.1, -0.05) is 34.8 Å². The second-order valence-corrected chi connectivity index (χ2v) is 5.09. The van der Waals surface area contributed by atoms with Crippen LogP contribution in [0.5, 0.6) is 5.75 Å². The number of rotatable bonds is 6. The summed E-state index contributed by atoms with van der Waals surface area (Å²) in [6, 6.07) is 3.25. The second-order valence-electron chi connectivity index (χ2n) is 3.87. The van der Waals surface area contributed by atoms with Crippen LogP contribution in [-0.2, 0) is 0 Å². The van der Waals surface area contributed by atoms with Crippen LogP contribution in [-0.4, -0.2) is 19.7 Å². The quantitative estimate of drug-likeness (QED) is 0.620. The molecule has 0 heterocycles. The summed E-state index contributed by atoms with van der Waals surface area (Å²) in [4.78, 5) is 0. The Hall–Kier alpha value is -0.150. The first-order chi connectivity index (χ1) is 8.04. The zero-order valence-electron chi connectivity index (χ0n) is 9.90. The van der Waals surface area contributed by atoms with E-state index in [2.05, 4.69) is 5.32 Å². The van der Waals surface area contributed by atoms with Crippen molar-refractivity contribution in [2.45, 2.75) is 25.9 Å². The maximum absolute atomic E-state index is 6.03. The first kappa shape index (κ1) is 14.9. The molecule has 0 aromatic heterocycles. The lowest BCUT2D eigenvalue weighted by Gasteiger charge is -2.16. The van der Waals surface area contributed by atoms with E-state index in [0.717, 1.165) is 19.4 Å². The van der Waals surface area contributed by atoms with Gasteiger partial charge in [-0.3, -0.25) is 0 Å². The van der Waals surface area contributed by atoms with Gasteiger partial charge in [0.05, 0.1) is 21.2 Å². The largest absolute Gasteiger partial charge is 0.489 e. The zero-order valence-corrected chi connectivity index (χ0v) is 12.2. The number of ether oxygens (including phenoxy) is 1. The highest BCUT2D eigenvalue weighted by Crippen LogP contribution is 2.34. The van der Waals surface area contributed by atoms with Crippen LogP contribution in [0.15, 0.2) is 12.1 Å². The molecular formula is C12H16Cl3NO. The van der Waals surface area contributed by atoms with Gasteiger partial charge < -0.3 is 10.1 Å². The van der Waals surface area contributed by atoms with Crippen LogP contribution in [0.2, 0.25) is 15.1 Å². The number of benzene rings is 1. The van der Waals surface area contributed by atoms with E-state index in [9.17, 15) is 0 Å². The topological polar surface area (TPSA) is 21.3 Å². The molecule has 0 fully saturated rings. The highest BCUT2D eigenvalue weighted by atomic mass is 35.5. The van der Waals surface area contributed by atoms with E-state index in [1.807, 2.05) is 14.0 Å². The van der Waals surface area contributed by atoms with E-state index in [0.29, 0.717) is 20.8 Å². The van der Waals surface area contributed by atoms with Crippen molar-refractivity contribution in [3.63, 3.8) is 0 Å². The predicted molar refractivity (Wildman–Crippen MR) is 74.7 cm³/mol. The molecule has 0 aliphatic heterocycles. The Morgan fingerprint density at radius 2 is 1.82 bits per heavy atom. The van der Waals surface area contributed by atoms with Gasteiger partial charge in [0, 0.05) is 6.07 Å². The molecule has 96 valence electrons. The van der Waals surface area contributed by atoms with Crippen molar-refractivity contribution in [3.8, 4) is 5.75 Å². The molecule has 1 N–H and O–H groups in total. The second kappa shape index (κ2) is 7.32. The summed E-state index contributed by atoms with van der Waals surface area (Å²) in [5, 5.41) is 4.47. The first-order valence-corrected chi connectivity index (χ1v) is 6.63. The average Bonchev–Trinajstić information content (AvgIpc) is 2.26. The van der Waals surface area contributed by atoms with Crippen LogP contribution < -0.4 is 10.1 Å².